The minimum Gasteiger partial charge on any atom is -0.396 e. The molecule has 0 amide bonds. The predicted molar refractivity (Wildman–Crippen MR) is 62.1 cm³/mol. The number of ketones is 1. The Kier molecular flexibility index (Phi) is 3.10. The van der Waals surface area contributed by atoms with Crippen LogP contribution in [0, 0.1) is 11.6 Å². The third kappa shape index (κ3) is 1.85. The van der Waals surface area contributed by atoms with Gasteiger partial charge in [0, 0.05) is 18.9 Å². The Bertz CT molecular complexity index is 607. The summed E-state index contributed by atoms with van der Waals surface area (Å²) in [5, 5.41) is 0. The Morgan fingerprint density at radius 3 is 2.83 bits per heavy atom. The van der Waals surface area contributed by atoms with Gasteiger partial charge in [0.2, 0.25) is 5.78 Å². The van der Waals surface area contributed by atoms with Crippen LogP contribution in [-0.4, -0.2) is 15.3 Å². The number of imidazole rings is 1. The third-order valence-electron chi connectivity index (χ3n) is 2.61. The van der Waals surface area contributed by atoms with E-state index in [1.54, 1.807) is 13.1 Å². The van der Waals surface area contributed by atoms with Crippen LogP contribution in [0.5, 0.6) is 0 Å². The van der Waals surface area contributed by atoms with Crippen molar-refractivity contribution in [3.05, 3.63) is 47.5 Å². The van der Waals surface area contributed by atoms with Gasteiger partial charge < -0.3 is 10.3 Å². The van der Waals surface area contributed by atoms with E-state index in [4.69, 9.17) is 5.73 Å². The first-order valence-corrected chi connectivity index (χ1v) is 5.35. The summed E-state index contributed by atoms with van der Waals surface area (Å²) in [7, 11) is 0. The monoisotopic (exact) mass is 251 g/mol. The first kappa shape index (κ1) is 12.2. The summed E-state index contributed by atoms with van der Waals surface area (Å²) < 4.78 is 28.8. The lowest BCUT2D eigenvalue weighted by Crippen LogP contribution is -2.15. The van der Waals surface area contributed by atoms with E-state index in [9.17, 15) is 13.6 Å². The number of hydrogen-bond acceptors (Lipinski definition) is 3. The Hall–Kier alpha value is -2.24. The summed E-state index contributed by atoms with van der Waals surface area (Å²) in [6, 6.07) is 2.04. The molecule has 0 saturated heterocycles. The van der Waals surface area contributed by atoms with Gasteiger partial charge in [-0.25, -0.2) is 13.8 Å². The second-order valence-electron chi connectivity index (χ2n) is 3.69. The second-order valence-corrected chi connectivity index (χ2v) is 3.69. The number of carbonyl (C=O) groups excluding carboxylic acids is 1. The van der Waals surface area contributed by atoms with Crippen LogP contribution in [-0.2, 0) is 6.54 Å². The molecule has 18 heavy (non-hydrogen) atoms. The molecule has 1 heterocycles. The minimum atomic E-state index is -1.05. The van der Waals surface area contributed by atoms with E-state index in [0.29, 0.717) is 6.54 Å². The highest BCUT2D eigenvalue weighted by Gasteiger charge is 2.23. The molecule has 1 aromatic carbocycles. The first-order chi connectivity index (χ1) is 8.56. The number of hydrogen-bond donors (Lipinski definition) is 1. The number of nitrogen functional groups attached to an aromatic ring is 1. The van der Waals surface area contributed by atoms with Crippen LogP contribution >= 0.6 is 0 Å². The topological polar surface area (TPSA) is 60.9 Å². The SMILES string of the molecule is CCn1ccnc1C(=O)c1c(F)ccc(N)c1F. The maximum absolute atomic E-state index is 13.7. The Morgan fingerprint density at radius 1 is 1.44 bits per heavy atom. The molecule has 2 aromatic rings. The van der Waals surface area contributed by atoms with Crippen LogP contribution < -0.4 is 5.73 Å². The van der Waals surface area contributed by atoms with Crippen LogP contribution in [0.15, 0.2) is 24.5 Å². The highest BCUT2D eigenvalue weighted by atomic mass is 19.1. The molecule has 0 fully saturated rings. The van der Waals surface area contributed by atoms with E-state index in [1.165, 1.54) is 10.8 Å². The maximum Gasteiger partial charge on any atom is 0.234 e. The molecular weight excluding hydrogens is 240 g/mol. The number of nitrogens with zero attached hydrogens (tertiary/aromatic N) is 2. The van der Waals surface area contributed by atoms with E-state index < -0.39 is 23.0 Å². The van der Waals surface area contributed by atoms with Crippen molar-refractivity contribution >= 4 is 11.5 Å². The minimum absolute atomic E-state index is 0.0131. The van der Waals surface area contributed by atoms with Gasteiger partial charge in [0.25, 0.3) is 0 Å². The van der Waals surface area contributed by atoms with Gasteiger partial charge in [-0.2, -0.15) is 0 Å². The maximum atomic E-state index is 13.7. The van der Waals surface area contributed by atoms with Crippen molar-refractivity contribution in [2.24, 2.45) is 0 Å². The van der Waals surface area contributed by atoms with E-state index in [-0.39, 0.29) is 11.5 Å². The van der Waals surface area contributed by atoms with Gasteiger partial charge in [-0.1, -0.05) is 0 Å². The van der Waals surface area contributed by atoms with Crippen molar-refractivity contribution in [3.8, 4) is 0 Å². The smallest absolute Gasteiger partial charge is 0.234 e. The van der Waals surface area contributed by atoms with Crippen LogP contribution in [0.2, 0.25) is 0 Å². The summed E-state index contributed by atoms with van der Waals surface area (Å²) in [6.07, 6.45) is 2.97. The molecule has 0 atom stereocenters. The molecule has 1 aromatic heterocycles. The average molecular weight is 251 g/mol. The molecule has 0 aliphatic carbocycles. The highest BCUT2D eigenvalue weighted by Crippen LogP contribution is 2.21. The third-order valence-corrected chi connectivity index (χ3v) is 2.61. The van der Waals surface area contributed by atoms with E-state index in [2.05, 4.69) is 4.98 Å². The molecule has 0 aliphatic heterocycles. The van der Waals surface area contributed by atoms with Crippen LogP contribution in [0.1, 0.15) is 23.1 Å². The quantitative estimate of drug-likeness (QED) is 0.670. The fourth-order valence-corrected chi connectivity index (χ4v) is 1.66. The standard InChI is InChI=1S/C12H11F2N3O/c1-2-17-6-5-16-12(17)11(18)9-7(13)3-4-8(15)10(9)14/h3-6H,2,15H2,1H3. The van der Waals surface area contributed by atoms with Gasteiger partial charge in [-0.15, -0.1) is 0 Å². The van der Waals surface area contributed by atoms with Crippen molar-refractivity contribution in [1.82, 2.24) is 9.55 Å². The van der Waals surface area contributed by atoms with Crippen molar-refractivity contribution < 1.29 is 13.6 Å². The van der Waals surface area contributed by atoms with Gasteiger partial charge in [0.15, 0.2) is 11.6 Å². The van der Waals surface area contributed by atoms with Crippen LogP contribution in [0.25, 0.3) is 0 Å². The van der Waals surface area contributed by atoms with Gasteiger partial charge in [-0.05, 0) is 19.1 Å². The van der Waals surface area contributed by atoms with Gasteiger partial charge in [0.1, 0.15) is 5.82 Å². The van der Waals surface area contributed by atoms with Gasteiger partial charge >= 0.3 is 0 Å². The number of nitrogens with two attached hydrogens (primary N) is 1. The highest BCUT2D eigenvalue weighted by molar-refractivity contribution is 6.07. The normalized spacial score (nSPS) is 10.6. The van der Waals surface area contributed by atoms with Crippen molar-refractivity contribution in [1.29, 1.82) is 0 Å². The molecule has 6 heteroatoms. The summed E-state index contributed by atoms with van der Waals surface area (Å²) in [4.78, 5) is 15.9. The summed E-state index contributed by atoms with van der Waals surface area (Å²) in [5.41, 5.74) is 4.39. The Morgan fingerprint density at radius 2 is 2.17 bits per heavy atom. The van der Waals surface area contributed by atoms with E-state index in [0.717, 1.165) is 12.1 Å². The molecule has 0 bridgehead atoms. The average Bonchev–Trinajstić information content (AvgIpc) is 2.82. The van der Waals surface area contributed by atoms with Crippen molar-refractivity contribution in [2.45, 2.75) is 13.5 Å². The number of benzene rings is 1. The second kappa shape index (κ2) is 4.56. The molecule has 94 valence electrons. The Labute approximate surface area is 102 Å². The molecule has 2 rings (SSSR count). The lowest BCUT2D eigenvalue weighted by molar-refractivity contribution is 0.101. The molecule has 0 unspecified atom stereocenters. The fourth-order valence-electron chi connectivity index (χ4n) is 1.66. The zero-order valence-corrected chi connectivity index (χ0v) is 9.65. The van der Waals surface area contributed by atoms with Crippen LogP contribution in [0.3, 0.4) is 0 Å². The summed E-state index contributed by atoms with van der Waals surface area (Å²) in [5.74, 6) is -2.83. The largest absolute Gasteiger partial charge is 0.396 e. The molecule has 0 aliphatic rings. The molecule has 0 radical (unpaired) electrons. The van der Waals surface area contributed by atoms with Gasteiger partial charge in [0.05, 0.1) is 11.3 Å². The number of halogens is 2. The molecular formula is C12H11F2N3O. The van der Waals surface area contributed by atoms with Crippen LogP contribution in [0.4, 0.5) is 14.5 Å². The van der Waals surface area contributed by atoms with E-state index >= 15 is 0 Å². The number of aromatic nitrogens is 2. The lowest BCUT2D eigenvalue weighted by Gasteiger charge is -2.07. The molecule has 4 nitrogen and oxygen atoms in total. The first-order valence-electron chi connectivity index (χ1n) is 5.35. The number of aryl methyl sites for hydroxylation is 1. The predicted octanol–water partition coefficient (Wildman–Crippen LogP) is 1.99. The number of rotatable bonds is 3. The summed E-state index contributed by atoms with van der Waals surface area (Å²) in [6.45, 7) is 2.27. The van der Waals surface area contributed by atoms with Gasteiger partial charge in [-0.3, -0.25) is 4.79 Å². The Balaban J connectivity index is 2.56. The number of carbonyl (C=O) groups is 1. The summed E-state index contributed by atoms with van der Waals surface area (Å²) >= 11 is 0. The zero-order chi connectivity index (χ0) is 13.3. The molecule has 0 spiro atoms. The number of anilines is 1. The van der Waals surface area contributed by atoms with Crippen molar-refractivity contribution in [2.75, 3.05) is 5.73 Å². The zero-order valence-electron chi connectivity index (χ0n) is 9.65. The molecule has 0 saturated carbocycles. The fraction of sp³-hybridized carbons (Fsp3) is 0.167. The van der Waals surface area contributed by atoms with E-state index in [1.807, 2.05) is 0 Å². The van der Waals surface area contributed by atoms with Crippen molar-refractivity contribution in [3.63, 3.8) is 0 Å². The molecule has 2 N–H and O–H groups in total. The lowest BCUT2D eigenvalue weighted by atomic mass is 10.1.